The Hall–Kier alpha value is -3.87. The van der Waals surface area contributed by atoms with Gasteiger partial charge in [-0.05, 0) is 19.8 Å². The average Bonchev–Trinajstić information content (AvgIpc) is 3.09. The highest BCUT2D eigenvalue weighted by molar-refractivity contribution is 5.99. The van der Waals surface area contributed by atoms with E-state index in [2.05, 4.69) is 0 Å². The van der Waals surface area contributed by atoms with E-state index in [1.54, 1.807) is 0 Å². The highest BCUT2D eigenvalue weighted by Crippen LogP contribution is 2.47. The van der Waals surface area contributed by atoms with Gasteiger partial charge in [0.15, 0.2) is 11.4 Å². The minimum absolute atomic E-state index is 0.0671. The third kappa shape index (κ3) is 3.76. The third-order valence-electron chi connectivity index (χ3n) is 7.38. The van der Waals surface area contributed by atoms with Gasteiger partial charge in [-0.25, -0.2) is 18.2 Å². The first kappa shape index (κ1) is 24.8. The molecule has 196 valence electrons. The maximum atomic E-state index is 14.3. The van der Waals surface area contributed by atoms with Crippen LogP contribution >= 0.6 is 0 Å². The molecule has 3 aliphatic rings. The summed E-state index contributed by atoms with van der Waals surface area (Å²) in [4.78, 5) is 59.0. The van der Waals surface area contributed by atoms with E-state index in [0.717, 1.165) is 11.3 Å². The molecule has 1 spiro atoms. The summed E-state index contributed by atoms with van der Waals surface area (Å²) in [5.41, 5.74) is 2.19. The molecule has 2 fully saturated rings. The van der Waals surface area contributed by atoms with Gasteiger partial charge >= 0.3 is 0 Å². The van der Waals surface area contributed by atoms with Gasteiger partial charge in [0.25, 0.3) is 11.8 Å². The van der Waals surface area contributed by atoms with Crippen molar-refractivity contribution in [3.05, 3.63) is 62.8 Å². The van der Waals surface area contributed by atoms with Gasteiger partial charge in [0.05, 0.1) is 26.1 Å². The number of methoxy groups -OCH3 is 1. The summed E-state index contributed by atoms with van der Waals surface area (Å²) in [5.74, 6) is -5.91. The van der Waals surface area contributed by atoms with Crippen LogP contribution in [0.2, 0.25) is 0 Å². The predicted octanol–water partition coefficient (Wildman–Crippen LogP) is 1.66. The highest BCUT2D eigenvalue weighted by atomic mass is 19.1. The van der Waals surface area contributed by atoms with Gasteiger partial charge in [-0.3, -0.25) is 24.0 Å². The number of aromatic nitrogens is 1. The number of hydrogen-bond acceptors (Lipinski definition) is 6. The first-order valence-electron chi connectivity index (χ1n) is 11.5. The van der Waals surface area contributed by atoms with E-state index < -0.39 is 69.9 Å². The normalized spacial score (nSPS) is 24.9. The molecule has 4 heterocycles. The molecule has 1 aromatic heterocycles. The lowest BCUT2D eigenvalue weighted by molar-refractivity contribution is -0.218. The van der Waals surface area contributed by atoms with Gasteiger partial charge in [0.1, 0.15) is 28.6 Å². The van der Waals surface area contributed by atoms with Crippen molar-refractivity contribution in [1.29, 1.82) is 0 Å². The molecule has 13 heteroatoms. The van der Waals surface area contributed by atoms with Crippen LogP contribution in [0.4, 0.5) is 13.2 Å². The minimum Gasteiger partial charge on any atom is -0.491 e. The van der Waals surface area contributed by atoms with Crippen molar-refractivity contribution in [1.82, 2.24) is 14.5 Å². The zero-order valence-electron chi connectivity index (χ0n) is 19.9. The number of amides is 3. The van der Waals surface area contributed by atoms with Crippen LogP contribution in [0.5, 0.6) is 5.75 Å². The number of pyridine rings is 1. The number of ether oxygens (including phenoxy) is 1. The molecule has 0 saturated carbocycles. The third-order valence-corrected chi connectivity index (χ3v) is 7.38. The fourth-order valence-corrected chi connectivity index (χ4v) is 5.44. The molecule has 2 bridgehead atoms. The zero-order valence-corrected chi connectivity index (χ0v) is 19.9. The van der Waals surface area contributed by atoms with E-state index in [-0.39, 0.29) is 36.9 Å². The Labute approximate surface area is 208 Å². The molecule has 0 unspecified atom stereocenters. The molecule has 2 saturated heterocycles. The Morgan fingerprint density at radius 3 is 2.51 bits per heavy atom. The number of fused-ring (bicyclic) bond motifs is 5. The Kier molecular flexibility index (Phi) is 5.77. The number of carbonyl (C=O) groups excluding carboxylic acids is 3. The van der Waals surface area contributed by atoms with E-state index in [1.165, 1.54) is 16.6 Å². The van der Waals surface area contributed by atoms with E-state index in [9.17, 15) is 32.3 Å². The largest absolute Gasteiger partial charge is 0.491 e. The number of rotatable bonds is 4. The van der Waals surface area contributed by atoms with Crippen molar-refractivity contribution in [3.8, 4) is 5.75 Å². The first-order valence-corrected chi connectivity index (χ1v) is 11.5. The van der Waals surface area contributed by atoms with Gasteiger partial charge in [0.2, 0.25) is 11.3 Å². The fourth-order valence-electron chi connectivity index (χ4n) is 5.44. The van der Waals surface area contributed by atoms with Crippen LogP contribution in [0.3, 0.4) is 0 Å². The van der Waals surface area contributed by atoms with Gasteiger partial charge in [0, 0.05) is 36.5 Å². The molecular weight excluding hydrogens is 497 g/mol. The second kappa shape index (κ2) is 8.61. The quantitative estimate of drug-likeness (QED) is 0.654. The van der Waals surface area contributed by atoms with Crippen molar-refractivity contribution in [2.24, 2.45) is 5.73 Å². The summed E-state index contributed by atoms with van der Waals surface area (Å²) >= 11 is 0. The Bertz CT molecular complexity index is 1390. The summed E-state index contributed by atoms with van der Waals surface area (Å²) in [7, 11) is 1.19. The van der Waals surface area contributed by atoms with Crippen molar-refractivity contribution >= 4 is 17.7 Å². The summed E-state index contributed by atoms with van der Waals surface area (Å²) in [5, 5.41) is 0.824. The minimum atomic E-state index is -1.29. The molecule has 37 heavy (non-hydrogen) atoms. The molecule has 0 radical (unpaired) electrons. The molecule has 10 nitrogen and oxygen atoms in total. The maximum Gasteiger partial charge on any atom is 0.274 e. The number of nitrogens with two attached hydrogens (primary N) is 1. The Morgan fingerprint density at radius 2 is 1.89 bits per heavy atom. The summed E-state index contributed by atoms with van der Waals surface area (Å²) in [6.45, 7) is 1.26. The Morgan fingerprint density at radius 1 is 1.22 bits per heavy atom. The zero-order chi connectivity index (χ0) is 26.8. The summed E-state index contributed by atoms with van der Waals surface area (Å²) in [6, 6.07) is -0.0680. The number of hydroxylamine groups is 2. The lowest BCUT2D eigenvalue weighted by Gasteiger charge is -2.42. The van der Waals surface area contributed by atoms with Crippen LogP contribution in [0.25, 0.3) is 0 Å². The summed E-state index contributed by atoms with van der Waals surface area (Å²) < 4.78 is 48.6. The van der Waals surface area contributed by atoms with Gasteiger partial charge in [-0.15, -0.1) is 0 Å². The van der Waals surface area contributed by atoms with Crippen LogP contribution < -0.4 is 15.9 Å². The number of benzene rings is 1. The maximum absolute atomic E-state index is 14.3. The number of halogens is 3. The molecule has 5 rings (SSSR count). The topological polar surface area (TPSA) is 124 Å². The Balaban J connectivity index is 1.62. The van der Waals surface area contributed by atoms with E-state index in [4.69, 9.17) is 15.3 Å². The van der Waals surface area contributed by atoms with Crippen LogP contribution in [0, 0.1) is 17.5 Å². The smallest absolute Gasteiger partial charge is 0.274 e. The van der Waals surface area contributed by atoms with Crippen molar-refractivity contribution in [3.63, 3.8) is 0 Å². The second-order valence-corrected chi connectivity index (χ2v) is 9.50. The van der Waals surface area contributed by atoms with Gasteiger partial charge < -0.3 is 19.9 Å². The standard InChI is InChI=1S/C24H23F3N4O6/c1-11-3-4-24(7-18(32)31(37-24)9-13-15(26)5-12(25)6-16(13)27)17-10-29(11)23(35)19-21(36-2)20(33)14(22(28)34)8-30(17)19/h5-6,8,11,17H,3-4,7,9-10H2,1-2H3,(H2,28,34)/t11-,17+,24-/m0/s1. The van der Waals surface area contributed by atoms with E-state index in [1.807, 2.05) is 6.92 Å². The number of hydrogen-bond donors (Lipinski definition) is 1. The van der Waals surface area contributed by atoms with Crippen LogP contribution in [-0.2, 0) is 16.2 Å². The fraction of sp³-hybridized carbons (Fsp3) is 0.417. The predicted molar refractivity (Wildman–Crippen MR) is 120 cm³/mol. The van der Waals surface area contributed by atoms with E-state index in [0.29, 0.717) is 18.6 Å². The molecule has 3 aliphatic heterocycles. The lowest BCUT2D eigenvalue weighted by atomic mass is 9.85. The van der Waals surface area contributed by atoms with Crippen molar-refractivity contribution in [2.45, 2.75) is 50.4 Å². The number of nitrogens with zero attached hydrogens (tertiary/aromatic N) is 3. The average molecular weight is 520 g/mol. The lowest BCUT2D eigenvalue weighted by Crippen LogP contribution is -2.52. The van der Waals surface area contributed by atoms with Gasteiger partial charge in [-0.1, -0.05) is 0 Å². The molecule has 0 aliphatic carbocycles. The van der Waals surface area contributed by atoms with Crippen LogP contribution in [0.15, 0.2) is 23.1 Å². The van der Waals surface area contributed by atoms with Crippen LogP contribution in [0.1, 0.15) is 58.6 Å². The van der Waals surface area contributed by atoms with Crippen molar-refractivity contribution in [2.75, 3.05) is 13.7 Å². The first-order chi connectivity index (χ1) is 17.5. The number of carbonyl (C=O) groups is 3. The second-order valence-electron chi connectivity index (χ2n) is 9.50. The number of primary amides is 1. The van der Waals surface area contributed by atoms with Crippen molar-refractivity contribution < 1.29 is 37.1 Å². The monoisotopic (exact) mass is 520 g/mol. The molecule has 1 aromatic carbocycles. The highest BCUT2D eigenvalue weighted by Gasteiger charge is 2.56. The molecule has 2 N–H and O–H groups in total. The molecule has 2 aromatic rings. The SMILES string of the molecule is COc1c2n(cc(C(N)=O)c1=O)[C@@H]1CN(C2=O)[C@@H](C)CC[C@]12CC(=O)N(Cc1c(F)cc(F)cc1F)O2. The molecule has 3 amide bonds. The van der Waals surface area contributed by atoms with E-state index >= 15 is 0 Å². The van der Waals surface area contributed by atoms with Crippen LogP contribution in [-0.4, -0.2) is 57.5 Å². The van der Waals surface area contributed by atoms with Gasteiger partial charge in [-0.2, -0.15) is 0 Å². The summed E-state index contributed by atoms with van der Waals surface area (Å²) in [6.07, 6.45) is 1.62. The molecule has 3 atom stereocenters. The molecular formula is C24H23F3N4O6.